The molecule has 1 N–H and O–H groups in total. The fourth-order valence-corrected chi connectivity index (χ4v) is 3.63. The zero-order chi connectivity index (χ0) is 17.6. The second-order valence-corrected chi connectivity index (χ2v) is 7.02. The molecular formula is C18H30N4O3. The summed E-state index contributed by atoms with van der Waals surface area (Å²) in [6, 6.07) is -0.332. The number of aryl methyl sites for hydroxylation is 1. The van der Waals surface area contributed by atoms with Gasteiger partial charge in [0.05, 0.1) is 25.0 Å². The van der Waals surface area contributed by atoms with Crippen molar-refractivity contribution in [2.24, 2.45) is 7.05 Å². The van der Waals surface area contributed by atoms with Crippen molar-refractivity contribution in [1.82, 2.24) is 20.0 Å². The number of ether oxygens (including phenoxy) is 2. The first-order chi connectivity index (χ1) is 12.2. The van der Waals surface area contributed by atoms with Gasteiger partial charge in [-0.1, -0.05) is 0 Å². The van der Waals surface area contributed by atoms with E-state index in [2.05, 4.69) is 10.4 Å². The molecule has 2 aliphatic heterocycles. The van der Waals surface area contributed by atoms with Crippen molar-refractivity contribution in [2.75, 3.05) is 33.4 Å². The zero-order valence-corrected chi connectivity index (χ0v) is 15.3. The highest BCUT2D eigenvalue weighted by atomic mass is 16.5. The zero-order valence-electron chi connectivity index (χ0n) is 15.3. The maximum atomic E-state index is 12.8. The van der Waals surface area contributed by atoms with Crippen LogP contribution >= 0.6 is 0 Å². The Morgan fingerprint density at radius 3 is 2.80 bits per heavy atom. The molecule has 2 fully saturated rings. The number of piperidine rings is 1. The minimum absolute atomic E-state index is 0.115. The summed E-state index contributed by atoms with van der Waals surface area (Å²) in [7, 11) is 3.68. The molecule has 2 unspecified atom stereocenters. The third-order valence-corrected chi connectivity index (χ3v) is 5.14. The van der Waals surface area contributed by atoms with Gasteiger partial charge >= 0.3 is 0 Å². The van der Waals surface area contributed by atoms with E-state index in [0.29, 0.717) is 6.61 Å². The molecule has 2 aliphatic rings. The van der Waals surface area contributed by atoms with Crippen LogP contribution in [-0.4, -0.2) is 66.1 Å². The highest BCUT2D eigenvalue weighted by Crippen LogP contribution is 2.21. The number of likely N-dealkylation sites (N-methyl/N-ethyl adjacent to an activating group) is 1. The average molecular weight is 350 g/mol. The number of nitrogens with one attached hydrogen (secondary N) is 1. The van der Waals surface area contributed by atoms with Gasteiger partial charge in [-0.2, -0.15) is 5.10 Å². The van der Waals surface area contributed by atoms with Crippen molar-refractivity contribution >= 4 is 5.91 Å². The predicted octanol–water partition coefficient (Wildman–Crippen LogP) is 1.26. The molecule has 1 amide bonds. The van der Waals surface area contributed by atoms with Crippen molar-refractivity contribution < 1.29 is 14.3 Å². The van der Waals surface area contributed by atoms with Gasteiger partial charge in [-0.3, -0.25) is 9.48 Å². The molecule has 1 aromatic heterocycles. The van der Waals surface area contributed by atoms with E-state index >= 15 is 0 Å². The van der Waals surface area contributed by atoms with E-state index in [4.69, 9.17) is 9.47 Å². The molecule has 0 radical (unpaired) electrons. The Morgan fingerprint density at radius 1 is 1.40 bits per heavy atom. The molecular weight excluding hydrogens is 320 g/mol. The van der Waals surface area contributed by atoms with Crippen molar-refractivity contribution in [2.45, 2.75) is 50.4 Å². The van der Waals surface area contributed by atoms with Crippen LogP contribution in [-0.2, 0) is 21.3 Å². The van der Waals surface area contributed by atoms with Crippen LogP contribution in [0.1, 0.15) is 43.7 Å². The van der Waals surface area contributed by atoms with Gasteiger partial charge in [-0.15, -0.1) is 0 Å². The first-order valence-electron chi connectivity index (χ1n) is 9.35. The lowest BCUT2D eigenvalue weighted by Crippen LogP contribution is -2.45. The van der Waals surface area contributed by atoms with Crippen molar-refractivity contribution in [3.8, 4) is 0 Å². The van der Waals surface area contributed by atoms with Gasteiger partial charge in [0.1, 0.15) is 6.04 Å². The molecule has 0 saturated carbocycles. The van der Waals surface area contributed by atoms with E-state index in [-0.39, 0.29) is 24.2 Å². The summed E-state index contributed by atoms with van der Waals surface area (Å²) < 4.78 is 13.5. The van der Waals surface area contributed by atoms with Crippen molar-refractivity contribution in [3.05, 3.63) is 18.0 Å². The Morgan fingerprint density at radius 2 is 2.20 bits per heavy atom. The fraction of sp³-hybridized carbons (Fsp3) is 0.778. The van der Waals surface area contributed by atoms with Crippen LogP contribution in [0.25, 0.3) is 0 Å². The van der Waals surface area contributed by atoms with Gasteiger partial charge in [0.25, 0.3) is 0 Å². The summed E-state index contributed by atoms with van der Waals surface area (Å²) in [6.45, 7) is 3.04. The third-order valence-electron chi connectivity index (χ3n) is 5.14. The van der Waals surface area contributed by atoms with Crippen molar-refractivity contribution in [3.63, 3.8) is 0 Å². The van der Waals surface area contributed by atoms with Crippen molar-refractivity contribution in [1.29, 1.82) is 0 Å². The maximum Gasteiger partial charge on any atom is 0.244 e. The smallest absolute Gasteiger partial charge is 0.244 e. The summed E-state index contributed by atoms with van der Waals surface area (Å²) in [5, 5.41) is 7.28. The first-order valence-corrected chi connectivity index (χ1v) is 9.35. The molecule has 0 bridgehead atoms. The molecule has 1 aromatic rings. The number of rotatable bonds is 6. The highest BCUT2D eigenvalue weighted by molar-refractivity contribution is 5.83. The van der Waals surface area contributed by atoms with Gasteiger partial charge in [-0.25, -0.2) is 0 Å². The molecule has 3 rings (SSSR count). The third kappa shape index (κ3) is 4.80. The molecule has 2 saturated heterocycles. The average Bonchev–Trinajstić information content (AvgIpc) is 3.08. The molecule has 0 spiro atoms. The van der Waals surface area contributed by atoms with Gasteiger partial charge in [-0.05, 0) is 39.2 Å². The number of aromatic nitrogens is 2. The molecule has 0 aromatic carbocycles. The second-order valence-electron chi connectivity index (χ2n) is 7.02. The van der Waals surface area contributed by atoms with E-state index in [1.807, 2.05) is 25.2 Å². The Kier molecular flexibility index (Phi) is 6.45. The minimum atomic E-state index is -0.332. The van der Waals surface area contributed by atoms with E-state index < -0.39 is 0 Å². The van der Waals surface area contributed by atoms with Crippen LogP contribution in [0.4, 0.5) is 0 Å². The lowest BCUT2D eigenvalue weighted by atomic mass is 10.0. The SMILES string of the molecule is CNC(C(=O)N1CCC(OCC2CCCCO2)CC1)c1cnn(C)c1. The maximum absolute atomic E-state index is 12.8. The van der Waals surface area contributed by atoms with Gasteiger partial charge < -0.3 is 19.7 Å². The Balaban J connectivity index is 1.45. The number of nitrogens with zero attached hydrogens (tertiary/aromatic N) is 3. The Labute approximate surface area is 149 Å². The van der Waals surface area contributed by atoms with Gasteiger partial charge in [0.2, 0.25) is 5.91 Å². The highest BCUT2D eigenvalue weighted by Gasteiger charge is 2.29. The Hall–Kier alpha value is -1.44. The first kappa shape index (κ1) is 18.4. The van der Waals surface area contributed by atoms with E-state index in [0.717, 1.165) is 44.5 Å². The van der Waals surface area contributed by atoms with Crippen LogP contribution in [0.3, 0.4) is 0 Å². The number of likely N-dealkylation sites (tertiary alicyclic amines) is 1. The number of carbonyl (C=O) groups is 1. The number of carbonyl (C=O) groups excluding carboxylic acids is 1. The summed E-state index contributed by atoms with van der Waals surface area (Å²) >= 11 is 0. The minimum Gasteiger partial charge on any atom is -0.376 e. The molecule has 25 heavy (non-hydrogen) atoms. The fourth-order valence-electron chi connectivity index (χ4n) is 3.63. The van der Waals surface area contributed by atoms with Gasteiger partial charge in [0, 0.05) is 38.5 Å². The summed E-state index contributed by atoms with van der Waals surface area (Å²) in [6.07, 6.45) is 9.42. The largest absolute Gasteiger partial charge is 0.376 e. The molecule has 3 heterocycles. The van der Waals surface area contributed by atoms with Crippen LogP contribution < -0.4 is 5.32 Å². The standard InChI is InChI=1S/C18H30N4O3/c1-19-17(14-11-20-21(2)12-14)18(23)22-8-6-15(7-9-22)25-13-16-5-3-4-10-24-16/h11-12,15-17,19H,3-10,13H2,1-2H3. The van der Waals surface area contributed by atoms with E-state index in [1.54, 1.807) is 10.9 Å². The molecule has 2 atom stereocenters. The number of hydrogen-bond donors (Lipinski definition) is 1. The van der Waals surface area contributed by atoms with Crippen LogP contribution in [0, 0.1) is 0 Å². The van der Waals surface area contributed by atoms with Crippen LogP contribution in [0.2, 0.25) is 0 Å². The number of hydrogen-bond acceptors (Lipinski definition) is 5. The molecule has 7 heteroatoms. The molecule has 140 valence electrons. The molecule has 0 aliphatic carbocycles. The van der Waals surface area contributed by atoms with E-state index in [1.165, 1.54) is 12.8 Å². The van der Waals surface area contributed by atoms with Crippen LogP contribution in [0.15, 0.2) is 12.4 Å². The second kappa shape index (κ2) is 8.78. The van der Waals surface area contributed by atoms with E-state index in [9.17, 15) is 4.79 Å². The Bertz CT molecular complexity index is 548. The quantitative estimate of drug-likeness (QED) is 0.836. The predicted molar refractivity (Wildman–Crippen MR) is 94.2 cm³/mol. The normalized spacial score (nSPS) is 23.6. The lowest BCUT2D eigenvalue weighted by molar-refractivity contribution is -0.137. The summed E-state index contributed by atoms with van der Waals surface area (Å²) in [5.41, 5.74) is 0.905. The molecule has 7 nitrogen and oxygen atoms in total. The topological polar surface area (TPSA) is 68.6 Å². The monoisotopic (exact) mass is 350 g/mol. The summed E-state index contributed by atoms with van der Waals surface area (Å²) in [5.74, 6) is 0.115. The van der Waals surface area contributed by atoms with Gasteiger partial charge in [0.15, 0.2) is 0 Å². The van der Waals surface area contributed by atoms with Crippen LogP contribution in [0.5, 0.6) is 0 Å². The number of amides is 1. The summed E-state index contributed by atoms with van der Waals surface area (Å²) in [4.78, 5) is 14.8. The lowest BCUT2D eigenvalue weighted by Gasteiger charge is -2.34.